The van der Waals surface area contributed by atoms with Crippen LogP contribution >= 0.6 is 11.6 Å². The summed E-state index contributed by atoms with van der Waals surface area (Å²) in [7, 11) is 0. The number of nitrogens with zero attached hydrogens (tertiary/aromatic N) is 4. The molecule has 17 heavy (non-hydrogen) atoms. The summed E-state index contributed by atoms with van der Waals surface area (Å²) in [6.07, 6.45) is 0. The van der Waals surface area contributed by atoms with E-state index >= 15 is 0 Å². The molecule has 0 saturated carbocycles. The maximum absolute atomic E-state index is 10.8. The number of benzene rings is 1. The van der Waals surface area contributed by atoms with Crippen molar-refractivity contribution < 1.29 is 4.79 Å². The normalized spacial score (nSPS) is 10.1. The van der Waals surface area contributed by atoms with E-state index in [4.69, 9.17) is 22.1 Å². The monoisotopic (exact) mass is 246 g/mol. The van der Waals surface area contributed by atoms with Crippen molar-refractivity contribution in [1.82, 2.24) is 0 Å². The van der Waals surface area contributed by atoms with Crippen LogP contribution in [0.3, 0.4) is 0 Å². The van der Waals surface area contributed by atoms with E-state index in [2.05, 4.69) is 10.2 Å². The second-order valence-electron chi connectivity index (χ2n) is 3.06. The van der Waals surface area contributed by atoms with Crippen LogP contribution in [-0.4, -0.2) is 11.8 Å². The molecule has 0 aliphatic rings. The fraction of sp³-hybridized carbons (Fsp3) is 0.182. The third kappa shape index (κ3) is 4.02. The number of carbonyl (C=O) groups is 1. The summed E-state index contributed by atoms with van der Waals surface area (Å²) in [5.41, 5.74) is 0.902. The van der Waals surface area contributed by atoms with Crippen molar-refractivity contribution >= 4 is 22.5 Å². The van der Waals surface area contributed by atoms with Crippen molar-refractivity contribution in [3.63, 3.8) is 0 Å². The smallest absolute Gasteiger partial charge is 0.252 e. The first-order valence-electron chi connectivity index (χ1n) is 4.64. The molecule has 0 unspecified atom stereocenters. The van der Waals surface area contributed by atoms with Gasteiger partial charge in [0.1, 0.15) is 0 Å². The number of hydrogen-bond donors (Lipinski definition) is 0. The number of carbonyl (C=O) groups excluding carboxylic acids is 1. The van der Waals surface area contributed by atoms with Crippen molar-refractivity contribution in [2.45, 2.75) is 0 Å². The third-order valence-corrected chi connectivity index (χ3v) is 2.07. The molecule has 0 aromatic heterocycles. The van der Waals surface area contributed by atoms with Crippen LogP contribution in [0.1, 0.15) is 10.4 Å². The van der Waals surface area contributed by atoms with Gasteiger partial charge in [0, 0.05) is 5.56 Å². The lowest BCUT2D eigenvalue weighted by Gasteiger charge is -1.95. The van der Waals surface area contributed by atoms with E-state index in [1.165, 1.54) is 12.1 Å². The van der Waals surface area contributed by atoms with Gasteiger partial charge in [0.25, 0.3) is 5.24 Å². The van der Waals surface area contributed by atoms with Gasteiger partial charge in [0.05, 0.1) is 24.4 Å². The van der Waals surface area contributed by atoms with E-state index < -0.39 is 11.2 Å². The first kappa shape index (κ1) is 12.8. The Hall–Kier alpha value is -2.24. The van der Waals surface area contributed by atoms with E-state index in [1.54, 1.807) is 24.3 Å². The van der Waals surface area contributed by atoms with Gasteiger partial charge in [-0.1, -0.05) is 0 Å². The van der Waals surface area contributed by atoms with Crippen LogP contribution in [0.15, 0.2) is 34.5 Å². The third-order valence-electron chi connectivity index (χ3n) is 1.86. The number of hydrogen-bond acceptors (Lipinski definition) is 5. The molecule has 0 heterocycles. The predicted molar refractivity (Wildman–Crippen MR) is 60.7 cm³/mol. The summed E-state index contributed by atoms with van der Waals surface area (Å²) in [4.78, 5) is 10.8. The highest BCUT2D eigenvalue weighted by Gasteiger charge is 2.03. The minimum Gasteiger partial charge on any atom is -0.276 e. The van der Waals surface area contributed by atoms with E-state index in [1.807, 2.05) is 0 Å². The molecular formula is C11H7ClN4O. The van der Waals surface area contributed by atoms with Crippen LogP contribution in [0.25, 0.3) is 0 Å². The van der Waals surface area contributed by atoms with Crippen LogP contribution in [0, 0.1) is 28.6 Å². The molecule has 0 saturated heterocycles. The fourth-order valence-corrected chi connectivity index (χ4v) is 1.10. The van der Waals surface area contributed by atoms with Crippen molar-refractivity contribution in [3.8, 4) is 12.1 Å². The first-order chi connectivity index (χ1) is 8.17. The Morgan fingerprint density at radius 2 is 1.88 bits per heavy atom. The van der Waals surface area contributed by atoms with Gasteiger partial charge >= 0.3 is 0 Å². The Balaban J connectivity index is 2.64. The Morgan fingerprint density at radius 1 is 1.29 bits per heavy atom. The molecule has 0 aliphatic carbocycles. The maximum atomic E-state index is 10.8. The molecule has 0 aliphatic heterocycles. The number of halogens is 1. The lowest BCUT2D eigenvalue weighted by molar-refractivity contribution is 0.108. The van der Waals surface area contributed by atoms with Gasteiger partial charge in [-0.3, -0.25) is 4.79 Å². The van der Waals surface area contributed by atoms with Crippen molar-refractivity contribution in [2.24, 2.45) is 16.1 Å². The Labute approximate surface area is 103 Å². The summed E-state index contributed by atoms with van der Waals surface area (Å²) in [5, 5.41) is 24.0. The van der Waals surface area contributed by atoms with Crippen molar-refractivity contribution in [1.29, 1.82) is 10.5 Å². The zero-order valence-electron chi connectivity index (χ0n) is 8.67. The van der Waals surface area contributed by atoms with Crippen molar-refractivity contribution in [3.05, 3.63) is 29.8 Å². The first-order valence-corrected chi connectivity index (χ1v) is 5.02. The molecule has 1 rings (SSSR count). The molecule has 5 nitrogen and oxygen atoms in total. The minimum absolute atomic E-state index is 0.0309. The SMILES string of the molecule is N#CC(C#N)CN=Nc1ccc(C(=O)Cl)cc1. The summed E-state index contributed by atoms with van der Waals surface area (Å²) >= 11 is 5.27. The van der Waals surface area contributed by atoms with Gasteiger partial charge in [0.15, 0.2) is 5.92 Å². The van der Waals surface area contributed by atoms with Gasteiger partial charge in [-0.15, -0.1) is 0 Å². The lowest BCUT2D eigenvalue weighted by atomic mass is 10.2. The van der Waals surface area contributed by atoms with Crippen LogP contribution in [0.5, 0.6) is 0 Å². The highest BCUT2D eigenvalue weighted by Crippen LogP contribution is 2.15. The van der Waals surface area contributed by atoms with Gasteiger partial charge in [0.2, 0.25) is 0 Å². The molecule has 0 fully saturated rings. The molecule has 0 amide bonds. The summed E-state index contributed by atoms with van der Waals surface area (Å²) < 4.78 is 0. The molecule has 0 bridgehead atoms. The van der Waals surface area contributed by atoms with Gasteiger partial charge in [-0.25, -0.2) is 0 Å². The fourth-order valence-electron chi connectivity index (χ4n) is 0.974. The number of azo groups is 1. The highest BCUT2D eigenvalue weighted by atomic mass is 35.5. The van der Waals surface area contributed by atoms with Crippen LogP contribution < -0.4 is 0 Å². The molecule has 0 spiro atoms. The average molecular weight is 247 g/mol. The van der Waals surface area contributed by atoms with Gasteiger partial charge < -0.3 is 0 Å². The molecule has 0 atom stereocenters. The molecule has 6 heteroatoms. The van der Waals surface area contributed by atoms with Crippen LogP contribution in [0.2, 0.25) is 0 Å². The quantitative estimate of drug-likeness (QED) is 0.604. The average Bonchev–Trinajstić information content (AvgIpc) is 2.35. The van der Waals surface area contributed by atoms with Crippen LogP contribution in [0.4, 0.5) is 5.69 Å². The van der Waals surface area contributed by atoms with Crippen LogP contribution in [-0.2, 0) is 0 Å². The predicted octanol–water partition coefficient (Wildman–Crippen LogP) is 2.81. The Bertz CT molecular complexity index is 496. The topological polar surface area (TPSA) is 89.4 Å². The Morgan fingerprint density at radius 3 is 2.35 bits per heavy atom. The molecular weight excluding hydrogens is 240 g/mol. The summed E-state index contributed by atoms with van der Waals surface area (Å²) in [6, 6.07) is 9.77. The van der Waals surface area contributed by atoms with E-state index in [9.17, 15) is 4.79 Å². The maximum Gasteiger partial charge on any atom is 0.252 e. The second-order valence-corrected chi connectivity index (χ2v) is 3.40. The summed E-state index contributed by atoms with van der Waals surface area (Å²) in [5.74, 6) is -0.789. The van der Waals surface area contributed by atoms with Crippen molar-refractivity contribution in [2.75, 3.05) is 6.54 Å². The zero-order valence-corrected chi connectivity index (χ0v) is 9.42. The molecule has 0 N–H and O–H groups in total. The number of nitriles is 2. The minimum atomic E-state index is -0.789. The second kappa shape index (κ2) is 6.37. The Kier molecular flexibility index (Phi) is 4.80. The van der Waals surface area contributed by atoms with Gasteiger partial charge in [-0.2, -0.15) is 20.8 Å². The molecule has 1 aromatic rings. The zero-order chi connectivity index (χ0) is 12.7. The number of rotatable bonds is 4. The largest absolute Gasteiger partial charge is 0.276 e. The van der Waals surface area contributed by atoms with Gasteiger partial charge in [-0.05, 0) is 35.9 Å². The standard InChI is InChI=1S/C11H7ClN4O/c12-11(17)9-1-3-10(4-2-9)16-15-7-8(5-13)6-14/h1-4,8H,7H2. The van der Waals surface area contributed by atoms with E-state index in [0.717, 1.165) is 0 Å². The van der Waals surface area contributed by atoms with E-state index in [0.29, 0.717) is 11.3 Å². The van der Waals surface area contributed by atoms with E-state index in [-0.39, 0.29) is 6.54 Å². The molecule has 0 radical (unpaired) electrons. The molecule has 84 valence electrons. The highest BCUT2D eigenvalue weighted by molar-refractivity contribution is 6.67. The summed E-state index contributed by atoms with van der Waals surface area (Å²) in [6.45, 7) is 0.0309. The lowest BCUT2D eigenvalue weighted by Crippen LogP contribution is -1.95. The molecule has 1 aromatic carbocycles.